The Morgan fingerprint density at radius 2 is 2.12 bits per heavy atom. The van der Waals surface area contributed by atoms with Gasteiger partial charge in [-0.25, -0.2) is 4.79 Å². The van der Waals surface area contributed by atoms with Crippen LogP contribution >= 0.6 is 0 Å². The highest BCUT2D eigenvalue weighted by atomic mass is 19.4. The molecule has 3 N–H and O–H groups in total. The smallest absolute Gasteiger partial charge is 0.367 e. The number of alkyl halides is 3. The number of hydrogen-bond donors (Lipinski definition) is 2. The SMILES string of the molecule is NC(=O)C1CN(C(=O)NCC(F)(F)F)CCO1. The Morgan fingerprint density at radius 1 is 1.47 bits per heavy atom. The fourth-order valence-electron chi connectivity index (χ4n) is 1.29. The quantitative estimate of drug-likeness (QED) is 0.694. The lowest BCUT2D eigenvalue weighted by Gasteiger charge is -2.31. The van der Waals surface area contributed by atoms with Crippen LogP contribution in [0.4, 0.5) is 18.0 Å². The number of primary amides is 1. The molecule has 0 bridgehead atoms. The number of hydrogen-bond acceptors (Lipinski definition) is 3. The van der Waals surface area contributed by atoms with E-state index in [1.54, 1.807) is 5.32 Å². The number of nitrogens with zero attached hydrogens (tertiary/aromatic N) is 1. The summed E-state index contributed by atoms with van der Waals surface area (Å²) >= 11 is 0. The van der Waals surface area contributed by atoms with Gasteiger partial charge in [-0.05, 0) is 0 Å². The van der Waals surface area contributed by atoms with Gasteiger partial charge in [-0.2, -0.15) is 13.2 Å². The molecule has 0 aromatic rings. The van der Waals surface area contributed by atoms with Crippen LogP contribution < -0.4 is 11.1 Å². The zero-order valence-corrected chi connectivity index (χ0v) is 8.79. The van der Waals surface area contributed by atoms with Crippen LogP contribution in [0.25, 0.3) is 0 Å². The molecule has 0 aromatic carbocycles. The summed E-state index contributed by atoms with van der Waals surface area (Å²) in [7, 11) is 0. The van der Waals surface area contributed by atoms with Gasteiger partial charge in [0.05, 0.1) is 13.2 Å². The number of carbonyl (C=O) groups is 2. The molecule has 9 heteroatoms. The van der Waals surface area contributed by atoms with Crippen molar-refractivity contribution in [2.45, 2.75) is 12.3 Å². The van der Waals surface area contributed by atoms with Gasteiger partial charge in [0.2, 0.25) is 5.91 Å². The second kappa shape index (κ2) is 5.21. The molecule has 98 valence electrons. The normalized spacial score (nSPS) is 21.1. The summed E-state index contributed by atoms with van der Waals surface area (Å²) in [4.78, 5) is 23.2. The highest BCUT2D eigenvalue weighted by Crippen LogP contribution is 2.13. The largest absolute Gasteiger partial charge is 0.405 e. The van der Waals surface area contributed by atoms with Gasteiger partial charge in [-0.1, -0.05) is 0 Å². The van der Waals surface area contributed by atoms with Gasteiger partial charge in [0.15, 0.2) is 6.10 Å². The zero-order valence-electron chi connectivity index (χ0n) is 8.79. The summed E-state index contributed by atoms with van der Waals surface area (Å²) < 4.78 is 40.5. The molecule has 1 aliphatic heterocycles. The molecule has 1 aliphatic rings. The minimum Gasteiger partial charge on any atom is -0.367 e. The average Bonchev–Trinajstić information content (AvgIpc) is 2.25. The topological polar surface area (TPSA) is 84.7 Å². The first-order chi connectivity index (χ1) is 7.79. The van der Waals surface area contributed by atoms with E-state index in [1.165, 1.54) is 0 Å². The molecular formula is C8H12F3N3O3. The summed E-state index contributed by atoms with van der Waals surface area (Å²) in [5.41, 5.74) is 4.97. The maximum Gasteiger partial charge on any atom is 0.405 e. The first-order valence-corrected chi connectivity index (χ1v) is 4.80. The van der Waals surface area contributed by atoms with Crippen molar-refractivity contribution in [2.75, 3.05) is 26.2 Å². The predicted molar refractivity (Wildman–Crippen MR) is 50.0 cm³/mol. The van der Waals surface area contributed by atoms with Crippen LogP contribution in [0.5, 0.6) is 0 Å². The maximum atomic E-state index is 11.9. The van der Waals surface area contributed by atoms with Crippen molar-refractivity contribution in [3.05, 3.63) is 0 Å². The number of urea groups is 1. The number of amides is 3. The van der Waals surface area contributed by atoms with Crippen LogP contribution in [0.15, 0.2) is 0 Å². The van der Waals surface area contributed by atoms with Crippen molar-refractivity contribution in [1.82, 2.24) is 10.2 Å². The van der Waals surface area contributed by atoms with Gasteiger partial charge >= 0.3 is 12.2 Å². The van der Waals surface area contributed by atoms with Crippen molar-refractivity contribution >= 4 is 11.9 Å². The van der Waals surface area contributed by atoms with Crippen LogP contribution in [0.1, 0.15) is 0 Å². The number of carbonyl (C=O) groups excluding carboxylic acids is 2. The molecule has 6 nitrogen and oxygen atoms in total. The lowest BCUT2D eigenvalue weighted by molar-refractivity contribution is -0.134. The van der Waals surface area contributed by atoms with Gasteiger partial charge in [-0.3, -0.25) is 4.79 Å². The summed E-state index contributed by atoms with van der Waals surface area (Å²) in [6.45, 7) is -1.37. The molecule has 1 saturated heterocycles. The molecule has 1 fully saturated rings. The highest BCUT2D eigenvalue weighted by Gasteiger charge is 2.31. The number of rotatable bonds is 2. The number of morpholine rings is 1. The lowest BCUT2D eigenvalue weighted by atomic mass is 10.2. The molecule has 1 unspecified atom stereocenters. The molecule has 0 saturated carbocycles. The minimum absolute atomic E-state index is 0.0625. The van der Waals surface area contributed by atoms with E-state index in [2.05, 4.69) is 0 Å². The van der Waals surface area contributed by atoms with E-state index < -0.39 is 30.8 Å². The number of ether oxygens (including phenoxy) is 1. The monoisotopic (exact) mass is 255 g/mol. The molecule has 3 amide bonds. The molecular weight excluding hydrogens is 243 g/mol. The molecule has 1 atom stereocenters. The van der Waals surface area contributed by atoms with Crippen molar-refractivity contribution in [3.63, 3.8) is 0 Å². The molecule has 0 aliphatic carbocycles. The standard InChI is InChI=1S/C8H12F3N3O3/c9-8(10,11)4-13-7(16)14-1-2-17-5(3-14)6(12)15/h5H,1-4H2,(H2,12,15)(H,13,16). The first-order valence-electron chi connectivity index (χ1n) is 4.80. The van der Waals surface area contributed by atoms with E-state index in [0.717, 1.165) is 4.90 Å². The van der Waals surface area contributed by atoms with E-state index in [9.17, 15) is 22.8 Å². The fourth-order valence-corrected chi connectivity index (χ4v) is 1.29. The second-order valence-electron chi connectivity index (χ2n) is 3.48. The third kappa shape index (κ3) is 4.47. The summed E-state index contributed by atoms with van der Waals surface area (Å²) in [6.07, 6.45) is -5.44. The van der Waals surface area contributed by atoms with Crippen LogP contribution in [0.3, 0.4) is 0 Å². The Labute approximate surface area is 94.9 Å². The Morgan fingerprint density at radius 3 is 2.65 bits per heavy atom. The van der Waals surface area contributed by atoms with Crippen LogP contribution in [-0.4, -0.2) is 55.4 Å². The van der Waals surface area contributed by atoms with Crippen molar-refractivity contribution < 1.29 is 27.5 Å². The van der Waals surface area contributed by atoms with Crippen LogP contribution in [0, 0.1) is 0 Å². The van der Waals surface area contributed by atoms with Crippen molar-refractivity contribution in [1.29, 1.82) is 0 Å². The molecule has 0 aromatic heterocycles. The van der Waals surface area contributed by atoms with Gasteiger partial charge in [0.1, 0.15) is 6.54 Å². The molecule has 1 rings (SSSR count). The van der Waals surface area contributed by atoms with Gasteiger partial charge in [-0.15, -0.1) is 0 Å². The third-order valence-electron chi connectivity index (χ3n) is 2.11. The Kier molecular flexibility index (Phi) is 4.16. The Bertz CT molecular complexity index is 308. The maximum absolute atomic E-state index is 11.9. The minimum atomic E-state index is -4.47. The van der Waals surface area contributed by atoms with Gasteiger partial charge < -0.3 is 20.7 Å². The second-order valence-corrected chi connectivity index (χ2v) is 3.48. The number of nitrogens with two attached hydrogens (primary N) is 1. The highest BCUT2D eigenvalue weighted by molar-refractivity contribution is 5.81. The molecule has 0 spiro atoms. The van der Waals surface area contributed by atoms with Crippen LogP contribution in [-0.2, 0) is 9.53 Å². The van der Waals surface area contributed by atoms with E-state index in [4.69, 9.17) is 10.5 Å². The summed E-state index contributed by atoms with van der Waals surface area (Å²) in [5, 5.41) is 1.71. The first kappa shape index (κ1) is 13.6. The fraction of sp³-hybridized carbons (Fsp3) is 0.750. The third-order valence-corrected chi connectivity index (χ3v) is 2.11. The number of nitrogens with one attached hydrogen (secondary N) is 1. The van der Waals surface area contributed by atoms with E-state index in [-0.39, 0.29) is 19.7 Å². The van der Waals surface area contributed by atoms with E-state index in [0.29, 0.717) is 0 Å². The van der Waals surface area contributed by atoms with Gasteiger partial charge in [0, 0.05) is 6.54 Å². The zero-order chi connectivity index (χ0) is 13.1. The lowest BCUT2D eigenvalue weighted by Crippen LogP contribution is -2.54. The van der Waals surface area contributed by atoms with Crippen molar-refractivity contribution in [3.8, 4) is 0 Å². The average molecular weight is 255 g/mol. The number of halogens is 3. The van der Waals surface area contributed by atoms with E-state index in [1.807, 2.05) is 0 Å². The van der Waals surface area contributed by atoms with Crippen molar-refractivity contribution in [2.24, 2.45) is 5.73 Å². The summed E-state index contributed by atoms with van der Waals surface area (Å²) in [6, 6.07) is -0.892. The molecule has 17 heavy (non-hydrogen) atoms. The predicted octanol–water partition coefficient (Wildman–Crippen LogP) is -0.556. The summed E-state index contributed by atoms with van der Waals surface area (Å²) in [5.74, 6) is -0.752. The Hall–Kier alpha value is -1.51. The Balaban J connectivity index is 2.44. The molecule has 1 heterocycles. The van der Waals surface area contributed by atoms with Gasteiger partial charge in [0.25, 0.3) is 0 Å². The van der Waals surface area contributed by atoms with E-state index >= 15 is 0 Å². The van der Waals surface area contributed by atoms with Crippen LogP contribution in [0.2, 0.25) is 0 Å². The molecule has 0 radical (unpaired) electrons.